The molecule has 0 saturated carbocycles. The van der Waals surface area contributed by atoms with Crippen molar-refractivity contribution in [2.24, 2.45) is 11.5 Å². The second-order valence-corrected chi connectivity index (χ2v) is 7.12. The first-order valence-corrected chi connectivity index (χ1v) is 8.67. The molecule has 9 heteroatoms. The number of β-lactam (4-membered cyclic amide) rings is 1. The summed E-state index contributed by atoms with van der Waals surface area (Å²) in [6, 6.07) is -2.23. The smallest absolute Gasteiger partial charge is 0.251 e. The third kappa shape index (κ3) is 3.36. The topological polar surface area (TPSA) is 150 Å². The lowest BCUT2D eigenvalue weighted by Gasteiger charge is -2.56. The van der Waals surface area contributed by atoms with E-state index in [1.54, 1.807) is 0 Å². The van der Waals surface area contributed by atoms with Gasteiger partial charge in [0.2, 0.25) is 11.8 Å². The first-order valence-electron chi connectivity index (χ1n) is 8.67. The van der Waals surface area contributed by atoms with Crippen molar-refractivity contribution in [2.45, 2.75) is 69.4 Å². The van der Waals surface area contributed by atoms with Gasteiger partial charge in [-0.1, -0.05) is 12.8 Å². The van der Waals surface area contributed by atoms with Gasteiger partial charge in [-0.2, -0.15) is 0 Å². The SMILES string of the molecule is C[C@@H](O)[C@H](N)C(=O)N1CCCCCC12CN([C@H](C(N)=O)[C@@H](C)O)C2=O. The Labute approximate surface area is 146 Å². The summed E-state index contributed by atoms with van der Waals surface area (Å²) in [6.07, 6.45) is 0.708. The standard InChI is InChI=1S/C16H28N4O5/c1-9(21)11(17)14(24)20-7-5-3-4-6-16(20)8-19(15(16)25)12(10(2)22)13(18)23/h9-12,21-22H,3-8,17H2,1-2H3,(H2,18,23)/t9-,10-,11+,12+,16?/m1/s1. The molecule has 2 aliphatic heterocycles. The predicted molar refractivity (Wildman–Crippen MR) is 88.9 cm³/mol. The van der Waals surface area contributed by atoms with E-state index in [1.165, 1.54) is 23.6 Å². The minimum absolute atomic E-state index is 0.128. The summed E-state index contributed by atoms with van der Waals surface area (Å²) in [5, 5.41) is 19.4. The lowest BCUT2D eigenvalue weighted by atomic mass is 9.80. The van der Waals surface area contributed by atoms with Crippen LogP contribution in [0.3, 0.4) is 0 Å². The van der Waals surface area contributed by atoms with Crippen LogP contribution in [-0.4, -0.2) is 80.7 Å². The molecule has 1 unspecified atom stereocenters. The molecule has 3 amide bonds. The van der Waals surface area contributed by atoms with Crippen LogP contribution in [0.4, 0.5) is 0 Å². The third-order valence-electron chi connectivity index (χ3n) is 5.23. The number of hydrogen-bond acceptors (Lipinski definition) is 6. The monoisotopic (exact) mass is 356 g/mol. The number of carbonyl (C=O) groups excluding carboxylic acids is 3. The lowest BCUT2D eigenvalue weighted by Crippen LogP contribution is -2.79. The zero-order valence-corrected chi connectivity index (χ0v) is 14.7. The molecule has 2 aliphatic rings. The van der Waals surface area contributed by atoms with Gasteiger partial charge in [0.1, 0.15) is 17.6 Å². The normalized spacial score (nSPS) is 28.8. The highest BCUT2D eigenvalue weighted by molar-refractivity contribution is 6.00. The number of nitrogens with zero attached hydrogens (tertiary/aromatic N) is 2. The van der Waals surface area contributed by atoms with Gasteiger partial charge in [-0.05, 0) is 26.7 Å². The van der Waals surface area contributed by atoms with Crippen LogP contribution >= 0.6 is 0 Å². The highest BCUT2D eigenvalue weighted by Crippen LogP contribution is 2.39. The van der Waals surface area contributed by atoms with Crippen LogP contribution in [0.2, 0.25) is 0 Å². The Hall–Kier alpha value is -1.71. The van der Waals surface area contributed by atoms with Crippen molar-refractivity contribution in [1.82, 2.24) is 9.80 Å². The van der Waals surface area contributed by atoms with Crippen LogP contribution in [0.1, 0.15) is 39.5 Å². The summed E-state index contributed by atoms with van der Waals surface area (Å²) >= 11 is 0. The number of primary amides is 1. The van der Waals surface area contributed by atoms with E-state index in [9.17, 15) is 24.6 Å². The second-order valence-electron chi connectivity index (χ2n) is 7.12. The number of nitrogens with two attached hydrogens (primary N) is 2. The Bertz CT molecular complexity index is 553. The summed E-state index contributed by atoms with van der Waals surface area (Å²) in [5.74, 6) is -1.66. The molecule has 0 bridgehead atoms. The molecule has 0 radical (unpaired) electrons. The molecule has 1 spiro atoms. The van der Waals surface area contributed by atoms with Gasteiger partial charge in [0, 0.05) is 6.54 Å². The molecule has 5 atom stereocenters. The van der Waals surface area contributed by atoms with Crippen molar-refractivity contribution in [3.8, 4) is 0 Å². The average Bonchev–Trinajstić information content (AvgIpc) is 2.76. The van der Waals surface area contributed by atoms with Gasteiger partial charge in [0.15, 0.2) is 0 Å². The Morgan fingerprint density at radius 2 is 1.80 bits per heavy atom. The molecule has 0 aromatic rings. The molecule has 0 aromatic heterocycles. The minimum Gasteiger partial charge on any atom is -0.391 e. The van der Waals surface area contributed by atoms with E-state index in [0.29, 0.717) is 13.0 Å². The Morgan fingerprint density at radius 1 is 1.16 bits per heavy atom. The molecule has 2 saturated heterocycles. The fourth-order valence-electron chi connectivity index (χ4n) is 3.78. The van der Waals surface area contributed by atoms with Gasteiger partial charge in [-0.25, -0.2) is 0 Å². The average molecular weight is 356 g/mol. The fraction of sp³-hybridized carbons (Fsp3) is 0.812. The fourth-order valence-corrected chi connectivity index (χ4v) is 3.78. The maximum Gasteiger partial charge on any atom is 0.251 e. The molecule has 2 fully saturated rings. The second kappa shape index (κ2) is 7.27. The molecular weight excluding hydrogens is 328 g/mol. The Balaban J connectivity index is 2.29. The molecule has 142 valence electrons. The van der Waals surface area contributed by atoms with Crippen LogP contribution in [0.15, 0.2) is 0 Å². The number of likely N-dealkylation sites (tertiary alicyclic amines) is 2. The van der Waals surface area contributed by atoms with Crippen molar-refractivity contribution in [1.29, 1.82) is 0 Å². The number of aliphatic hydroxyl groups excluding tert-OH is 2. The van der Waals surface area contributed by atoms with Crippen LogP contribution in [0.5, 0.6) is 0 Å². The summed E-state index contributed by atoms with van der Waals surface area (Å²) in [5.41, 5.74) is 10.0. The lowest BCUT2D eigenvalue weighted by molar-refractivity contribution is -0.181. The molecule has 25 heavy (non-hydrogen) atoms. The zero-order valence-electron chi connectivity index (χ0n) is 14.7. The summed E-state index contributed by atoms with van der Waals surface area (Å²) < 4.78 is 0. The van der Waals surface area contributed by atoms with Crippen molar-refractivity contribution < 1.29 is 24.6 Å². The molecule has 6 N–H and O–H groups in total. The minimum atomic E-state index is -1.12. The highest BCUT2D eigenvalue weighted by Gasteiger charge is 2.60. The molecule has 9 nitrogen and oxygen atoms in total. The number of rotatable bonds is 5. The maximum absolute atomic E-state index is 13.0. The van der Waals surface area contributed by atoms with E-state index in [4.69, 9.17) is 11.5 Å². The number of carbonyl (C=O) groups is 3. The van der Waals surface area contributed by atoms with Crippen LogP contribution < -0.4 is 11.5 Å². The van der Waals surface area contributed by atoms with Crippen LogP contribution in [0.25, 0.3) is 0 Å². The van der Waals surface area contributed by atoms with Gasteiger partial charge in [-0.15, -0.1) is 0 Å². The van der Waals surface area contributed by atoms with Gasteiger partial charge < -0.3 is 31.5 Å². The first kappa shape index (κ1) is 19.6. The third-order valence-corrected chi connectivity index (χ3v) is 5.23. The number of hydrogen-bond donors (Lipinski definition) is 4. The molecule has 2 heterocycles. The van der Waals surface area contributed by atoms with E-state index >= 15 is 0 Å². The van der Waals surface area contributed by atoms with E-state index < -0.39 is 47.6 Å². The van der Waals surface area contributed by atoms with E-state index in [1.807, 2.05) is 0 Å². The molecular formula is C16H28N4O5. The quantitative estimate of drug-likeness (QED) is 0.415. The summed E-state index contributed by atoms with van der Waals surface area (Å²) in [7, 11) is 0. The highest BCUT2D eigenvalue weighted by atomic mass is 16.3. The van der Waals surface area contributed by atoms with Crippen LogP contribution in [-0.2, 0) is 14.4 Å². The van der Waals surface area contributed by atoms with E-state index in [2.05, 4.69) is 0 Å². The maximum atomic E-state index is 13.0. The molecule has 0 aromatic carbocycles. The van der Waals surface area contributed by atoms with Crippen LogP contribution in [0, 0.1) is 0 Å². The number of aliphatic hydroxyl groups is 2. The molecule has 2 rings (SSSR count). The zero-order chi connectivity index (χ0) is 18.9. The van der Waals surface area contributed by atoms with Crippen molar-refractivity contribution in [2.75, 3.05) is 13.1 Å². The number of amides is 3. The van der Waals surface area contributed by atoms with Crippen molar-refractivity contribution >= 4 is 17.7 Å². The Kier molecular flexibility index (Phi) is 5.70. The van der Waals surface area contributed by atoms with Gasteiger partial charge in [-0.3, -0.25) is 14.4 Å². The van der Waals surface area contributed by atoms with Crippen molar-refractivity contribution in [3.05, 3.63) is 0 Å². The van der Waals surface area contributed by atoms with Gasteiger partial charge >= 0.3 is 0 Å². The predicted octanol–water partition coefficient (Wildman–Crippen LogP) is -2.09. The van der Waals surface area contributed by atoms with E-state index in [-0.39, 0.29) is 6.54 Å². The van der Waals surface area contributed by atoms with E-state index in [0.717, 1.165) is 19.3 Å². The first-order chi connectivity index (χ1) is 11.6. The van der Waals surface area contributed by atoms with Crippen molar-refractivity contribution in [3.63, 3.8) is 0 Å². The summed E-state index contributed by atoms with van der Waals surface area (Å²) in [6.45, 7) is 3.32. The Morgan fingerprint density at radius 3 is 2.28 bits per heavy atom. The molecule has 0 aliphatic carbocycles. The van der Waals surface area contributed by atoms with Gasteiger partial charge in [0.25, 0.3) is 5.91 Å². The summed E-state index contributed by atoms with van der Waals surface area (Å²) in [4.78, 5) is 40.0. The van der Waals surface area contributed by atoms with Gasteiger partial charge in [0.05, 0.1) is 18.8 Å². The largest absolute Gasteiger partial charge is 0.391 e.